The lowest BCUT2D eigenvalue weighted by Gasteiger charge is -2.17. The summed E-state index contributed by atoms with van der Waals surface area (Å²) in [6, 6.07) is 6.01. The maximum Gasteiger partial charge on any atom is 0.416 e. The van der Waals surface area contributed by atoms with Crippen molar-refractivity contribution < 1.29 is 27.1 Å². The molecule has 1 atom stereocenters. The average molecular weight is 486 g/mol. The summed E-state index contributed by atoms with van der Waals surface area (Å²) in [5.41, 5.74) is 0.445. The molecule has 1 aliphatic rings. The molecule has 2 bridgehead atoms. The third-order valence-corrected chi connectivity index (χ3v) is 5.44. The summed E-state index contributed by atoms with van der Waals surface area (Å²) in [6.45, 7) is 1.86. The lowest BCUT2D eigenvalue weighted by atomic mass is 10.0. The van der Waals surface area contributed by atoms with Crippen molar-refractivity contribution in [2.24, 2.45) is 0 Å². The molecule has 2 N–H and O–H groups in total. The Morgan fingerprint density at radius 3 is 2.77 bits per heavy atom. The van der Waals surface area contributed by atoms with Crippen LogP contribution in [0.25, 0.3) is 16.8 Å². The fourth-order valence-electron chi connectivity index (χ4n) is 3.72. The van der Waals surface area contributed by atoms with Crippen LogP contribution in [-0.4, -0.2) is 38.1 Å². The molecule has 1 aliphatic heterocycles. The smallest absolute Gasteiger partial charge is 0.416 e. The van der Waals surface area contributed by atoms with Gasteiger partial charge in [0.15, 0.2) is 5.65 Å². The van der Waals surface area contributed by atoms with Gasteiger partial charge in [0.1, 0.15) is 23.3 Å². The summed E-state index contributed by atoms with van der Waals surface area (Å²) in [6.07, 6.45) is -1.20. The van der Waals surface area contributed by atoms with E-state index >= 15 is 0 Å². The van der Waals surface area contributed by atoms with Crippen LogP contribution in [0.3, 0.4) is 0 Å². The summed E-state index contributed by atoms with van der Waals surface area (Å²) in [5.74, 6) is -0.704. The number of aromatic nitrogens is 4. The molecule has 0 saturated carbocycles. The highest BCUT2D eigenvalue weighted by Gasteiger charge is 2.31. The number of carbonyl (C=O) groups is 1. The third-order valence-electron chi connectivity index (χ3n) is 5.44. The summed E-state index contributed by atoms with van der Waals surface area (Å²) < 4.78 is 61.1. The highest BCUT2D eigenvalue weighted by Crippen LogP contribution is 2.35. The average Bonchev–Trinajstić information content (AvgIpc) is 3.24. The van der Waals surface area contributed by atoms with Crippen LogP contribution in [0.1, 0.15) is 28.4 Å². The standard InChI is InChI=1S/C23H18F4N6O2/c1-12-7-29-21(34)17-10-31-33-11-18(13-3-2-4-15(5-13)23(25,26)27)19(32-20(17)33)28-8-14-6-16(24)9-30-22(14)35-12/h2-6,9-12H,7-8H2,1H3,(H,28,32)(H,29,34). The Morgan fingerprint density at radius 1 is 1.14 bits per heavy atom. The zero-order chi connectivity index (χ0) is 24.7. The molecule has 3 aromatic heterocycles. The third kappa shape index (κ3) is 4.46. The SMILES string of the molecule is CC1CNC(=O)c2cnn3cc(-c4cccc(C(F)(F)F)c4)c(nc23)NCc2cc(F)cnc2O1. The number of nitrogens with zero attached hydrogens (tertiary/aromatic N) is 4. The number of hydrogen-bond donors (Lipinski definition) is 2. The molecule has 0 aliphatic carbocycles. The number of carbonyl (C=O) groups excluding carboxylic acids is 1. The number of halogens is 4. The van der Waals surface area contributed by atoms with Gasteiger partial charge in [-0.2, -0.15) is 18.3 Å². The molecule has 180 valence electrons. The highest BCUT2D eigenvalue weighted by molar-refractivity contribution is 6.00. The number of benzene rings is 1. The zero-order valence-corrected chi connectivity index (χ0v) is 18.2. The van der Waals surface area contributed by atoms with Crippen LogP contribution in [0.5, 0.6) is 5.88 Å². The molecule has 0 saturated heterocycles. The van der Waals surface area contributed by atoms with Gasteiger partial charge in [0.2, 0.25) is 5.88 Å². The van der Waals surface area contributed by atoms with Crippen molar-refractivity contribution in [1.29, 1.82) is 0 Å². The number of alkyl halides is 3. The minimum atomic E-state index is -4.54. The van der Waals surface area contributed by atoms with E-state index in [0.29, 0.717) is 11.1 Å². The molecule has 4 heterocycles. The molecule has 1 unspecified atom stereocenters. The van der Waals surface area contributed by atoms with Gasteiger partial charge in [-0.05, 0) is 30.7 Å². The summed E-state index contributed by atoms with van der Waals surface area (Å²) in [5, 5.41) is 9.94. The van der Waals surface area contributed by atoms with Crippen LogP contribution in [-0.2, 0) is 12.7 Å². The largest absolute Gasteiger partial charge is 0.473 e. The van der Waals surface area contributed by atoms with E-state index in [4.69, 9.17) is 4.74 Å². The van der Waals surface area contributed by atoms with Crippen molar-refractivity contribution in [2.75, 3.05) is 11.9 Å². The predicted molar refractivity (Wildman–Crippen MR) is 117 cm³/mol. The van der Waals surface area contributed by atoms with Crippen LogP contribution < -0.4 is 15.4 Å². The number of fused-ring (bicyclic) bond motifs is 2. The first-order valence-corrected chi connectivity index (χ1v) is 10.6. The number of ether oxygens (including phenoxy) is 1. The fourth-order valence-corrected chi connectivity index (χ4v) is 3.72. The van der Waals surface area contributed by atoms with Gasteiger partial charge in [-0.3, -0.25) is 4.79 Å². The molecule has 1 aromatic carbocycles. The molecule has 12 heteroatoms. The van der Waals surface area contributed by atoms with E-state index in [1.54, 1.807) is 6.92 Å². The van der Waals surface area contributed by atoms with Crippen molar-refractivity contribution in [1.82, 2.24) is 24.9 Å². The Bertz CT molecular complexity index is 1440. The van der Waals surface area contributed by atoms with Crippen molar-refractivity contribution >= 4 is 17.4 Å². The maximum atomic E-state index is 13.9. The molecule has 4 aromatic rings. The van der Waals surface area contributed by atoms with Gasteiger partial charge in [0.05, 0.1) is 24.5 Å². The second-order valence-corrected chi connectivity index (χ2v) is 8.02. The molecule has 1 amide bonds. The van der Waals surface area contributed by atoms with Gasteiger partial charge in [-0.1, -0.05) is 12.1 Å². The molecular weight excluding hydrogens is 468 g/mol. The molecular formula is C23H18F4N6O2. The van der Waals surface area contributed by atoms with E-state index in [1.165, 1.54) is 35.1 Å². The summed E-state index contributed by atoms with van der Waals surface area (Å²) in [7, 11) is 0. The van der Waals surface area contributed by atoms with Gasteiger partial charge in [-0.15, -0.1) is 0 Å². The first-order chi connectivity index (χ1) is 16.7. The van der Waals surface area contributed by atoms with Gasteiger partial charge >= 0.3 is 6.18 Å². The predicted octanol–water partition coefficient (Wildman–Crippen LogP) is 4.07. The Morgan fingerprint density at radius 2 is 1.97 bits per heavy atom. The van der Waals surface area contributed by atoms with Crippen LogP contribution in [0, 0.1) is 5.82 Å². The summed E-state index contributed by atoms with van der Waals surface area (Å²) >= 11 is 0. The number of hydrogen-bond acceptors (Lipinski definition) is 6. The van der Waals surface area contributed by atoms with E-state index < -0.39 is 29.6 Å². The van der Waals surface area contributed by atoms with Crippen LogP contribution in [0.15, 0.2) is 48.9 Å². The Kier molecular flexibility index (Phi) is 5.50. The number of rotatable bonds is 1. The van der Waals surface area contributed by atoms with Crippen molar-refractivity contribution in [3.63, 3.8) is 0 Å². The topological polar surface area (TPSA) is 93.4 Å². The number of pyridine rings is 1. The quantitative estimate of drug-likeness (QED) is 0.394. The van der Waals surface area contributed by atoms with Crippen molar-refractivity contribution in [3.8, 4) is 17.0 Å². The van der Waals surface area contributed by atoms with Crippen LogP contribution >= 0.6 is 0 Å². The van der Waals surface area contributed by atoms with Crippen molar-refractivity contribution in [3.05, 3.63) is 71.4 Å². The van der Waals surface area contributed by atoms with Gasteiger partial charge in [-0.25, -0.2) is 18.9 Å². The van der Waals surface area contributed by atoms with Crippen LogP contribution in [0.4, 0.5) is 23.4 Å². The second kappa shape index (κ2) is 8.53. The minimum absolute atomic E-state index is 0.00674. The zero-order valence-electron chi connectivity index (χ0n) is 18.2. The van der Waals surface area contributed by atoms with E-state index in [9.17, 15) is 22.4 Å². The number of anilines is 1. The van der Waals surface area contributed by atoms with E-state index in [1.807, 2.05) is 0 Å². The molecule has 35 heavy (non-hydrogen) atoms. The molecule has 0 spiro atoms. The number of nitrogens with one attached hydrogen (secondary N) is 2. The summed E-state index contributed by atoms with van der Waals surface area (Å²) in [4.78, 5) is 21.3. The molecule has 0 radical (unpaired) electrons. The lowest BCUT2D eigenvalue weighted by molar-refractivity contribution is -0.137. The Hall–Kier alpha value is -4.22. The second-order valence-electron chi connectivity index (χ2n) is 8.02. The maximum absolute atomic E-state index is 13.9. The van der Waals surface area contributed by atoms with Crippen LogP contribution in [0.2, 0.25) is 0 Å². The monoisotopic (exact) mass is 486 g/mol. The van der Waals surface area contributed by atoms with E-state index in [2.05, 4.69) is 25.7 Å². The first kappa shape index (κ1) is 22.6. The Labute approximate surface area is 196 Å². The van der Waals surface area contributed by atoms with E-state index in [0.717, 1.165) is 18.3 Å². The lowest BCUT2D eigenvalue weighted by Crippen LogP contribution is -2.33. The number of amides is 1. The molecule has 8 nitrogen and oxygen atoms in total. The van der Waals surface area contributed by atoms with Gasteiger partial charge < -0.3 is 15.4 Å². The molecule has 5 rings (SSSR count). The normalized spacial score (nSPS) is 16.4. The molecule has 0 fully saturated rings. The first-order valence-electron chi connectivity index (χ1n) is 10.6. The van der Waals surface area contributed by atoms with Gasteiger partial charge in [0, 0.05) is 23.9 Å². The van der Waals surface area contributed by atoms with Crippen molar-refractivity contribution in [2.45, 2.75) is 25.7 Å². The highest BCUT2D eigenvalue weighted by atomic mass is 19.4. The Balaban J connectivity index is 1.67. The van der Waals surface area contributed by atoms with E-state index in [-0.39, 0.29) is 41.6 Å². The fraction of sp³-hybridized carbons (Fsp3) is 0.217. The van der Waals surface area contributed by atoms with Gasteiger partial charge in [0.25, 0.3) is 5.91 Å². The minimum Gasteiger partial charge on any atom is -0.473 e.